The lowest BCUT2D eigenvalue weighted by atomic mass is 10.1. The minimum absolute atomic E-state index is 0.0848. The molecule has 0 fully saturated rings. The van der Waals surface area contributed by atoms with E-state index in [1.54, 1.807) is 0 Å². The van der Waals surface area contributed by atoms with E-state index < -0.39 is 6.43 Å². The van der Waals surface area contributed by atoms with Gasteiger partial charge in [0.2, 0.25) is 5.88 Å². The number of rotatable bonds is 4. The number of nitrogens with zero attached hydrogens (tertiary/aromatic N) is 2. The Morgan fingerprint density at radius 3 is 2.75 bits per heavy atom. The third-order valence-electron chi connectivity index (χ3n) is 1.98. The fourth-order valence-corrected chi connectivity index (χ4v) is 1.62. The molecule has 0 amide bonds. The smallest absolute Gasteiger partial charge is 0.269 e. The van der Waals surface area contributed by atoms with Crippen molar-refractivity contribution in [2.24, 2.45) is 0 Å². The third-order valence-corrected chi connectivity index (χ3v) is 2.55. The molecule has 1 heterocycles. The third kappa shape index (κ3) is 2.67. The van der Waals surface area contributed by atoms with Crippen LogP contribution in [0.2, 0.25) is 0 Å². The molecule has 0 spiro atoms. The van der Waals surface area contributed by atoms with Crippen molar-refractivity contribution < 1.29 is 13.5 Å². The minimum Gasteiger partial charge on any atom is -0.481 e. The average Bonchev–Trinajstić information content (AvgIpc) is 2.27. The average molecular weight is 291 g/mol. The molecule has 0 bridgehead atoms. The summed E-state index contributed by atoms with van der Waals surface area (Å²) in [6.07, 6.45) is -2.78. The number of methoxy groups -OCH3 is 1. The Labute approximate surface area is 100 Å². The van der Waals surface area contributed by atoms with Crippen LogP contribution in [0.3, 0.4) is 0 Å². The van der Waals surface area contributed by atoms with Gasteiger partial charge < -0.3 is 4.74 Å². The first kappa shape index (κ1) is 12.8. The second-order valence-corrected chi connectivity index (χ2v) is 3.53. The van der Waals surface area contributed by atoms with Gasteiger partial charge in [-0.3, -0.25) is 0 Å². The molecule has 86 valence electrons. The van der Waals surface area contributed by atoms with Crippen molar-refractivity contribution in [2.45, 2.75) is 18.2 Å². The molecular formula is C10H9BrF2N2O. The van der Waals surface area contributed by atoms with Crippen molar-refractivity contribution in [1.29, 1.82) is 5.26 Å². The lowest BCUT2D eigenvalue weighted by Gasteiger charge is -2.12. The fraction of sp³-hybridized carbons (Fsp3) is 0.400. The number of aromatic nitrogens is 1. The Hall–Kier alpha value is -1.22. The minimum atomic E-state index is -2.70. The van der Waals surface area contributed by atoms with Crippen LogP contribution in [0.25, 0.3) is 0 Å². The molecule has 1 rings (SSSR count). The van der Waals surface area contributed by atoms with Crippen molar-refractivity contribution in [3.05, 3.63) is 22.9 Å². The number of hydrogen-bond donors (Lipinski definition) is 0. The van der Waals surface area contributed by atoms with E-state index in [-0.39, 0.29) is 23.4 Å². The highest BCUT2D eigenvalue weighted by Gasteiger charge is 2.21. The van der Waals surface area contributed by atoms with Crippen molar-refractivity contribution in [2.75, 3.05) is 7.11 Å². The monoisotopic (exact) mass is 290 g/mol. The topological polar surface area (TPSA) is 45.9 Å². The molecule has 0 aliphatic heterocycles. The molecule has 0 radical (unpaired) electrons. The summed E-state index contributed by atoms with van der Waals surface area (Å²) >= 11 is 3.18. The van der Waals surface area contributed by atoms with Crippen molar-refractivity contribution in [3.63, 3.8) is 0 Å². The summed E-state index contributed by atoms with van der Waals surface area (Å²) < 4.78 is 30.4. The van der Waals surface area contributed by atoms with Gasteiger partial charge in [-0.15, -0.1) is 0 Å². The number of halogens is 3. The Morgan fingerprint density at radius 2 is 2.31 bits per heavy atom. The predicted octanol–water partition coefficient (Wildman–Crippen LogP) is 2.99. The van der Waals surface area contributed by atoms with Crippen molar-refractivity contribution in [1.82, 2.24) is 4.98 Å². The molecule has 16 heavy (non-hydrogen) atoms. The number of nitriles is 1. The molecule has 0 saturated carbocycles. The highest BCUT2D eigenvalue weighted by atomic mass is 79.9. The summed E-state index contributed by atoms with van der Waals surface area (Å²) in [4.78, 5) is 3.92. The predicted molar refractivity (Wildman–Crippen MR) is 57.7 cm³/mol. The lowest BCUT2D eigenvalue weighted by Crippen LogP contribution is -2.03. The molecule has 1 aromatic heterocycles. The van der Waals surface area contributed by atoms with Crippen LogP contribution >= 0.6 is 15.9 Å². The summed E-state index contributed by atoms with van der Waals surface area (Å²) in [5, 5.41) is 9.01. The summed E-state index contributed by atoms with van der Waals surface area (Å²) in [7, 11) is 1.28. The standard InChI is InChI=1S/C10H9BrF2N2O/c1-16-10-8(9(12)13)6(2-3-14)4-7(5-11)15-10/h4,9H,2,5H2,1H3. The molecule has 0 aliphatic rings. The zero-order chi connectivity index (χ0) is 12.1. The summed E-state index contributed by atoms with van der Waals surface area (Å²) in [5.41, 5.74) is 0.527. The highest BCUT2D eigenvalue weighted by molar-refractivity contribution is 9.08. The van der Waals surface area contributed by atoms with E-state index in [1.165, 1.54) is 13.2 Å². The van der Waals surface area contributed by atoms with E-state index >= 15 is 0 Å². The maximum absolute atomic E-state index is 12.8. The van der Waals surface area contributed by atoms with Crippen LogP contribution in [0.15, 0.2) is 6.07 Å². The number of ether oxygens (including phenoxy) is 1. The van der Waals surface area contributed by atoms with E-state index in [0.29, 0.717) is 11.0 Å². The van der Waals surface area contributed by atoms with Crippen LogP contribution in [-0.4, -0.2) is 12.1 Å². The van der Waals surface area contributed by atoms with Crippen LogP contribution in [0.1, 0.15) is 23.2 Å². The Bertz CT molecular complexity index is 418. The van der Waals surface area contributed by atoms with Gasteiger partial charge in [0.05, 0.1) is 30.9 Å². The van der Waals surface area contributed by atoms with Gasteiger partial charge in [0, 0.05) is 5.33 Å². The van der Waals surface area contributed by atoms with Crippen molar-refractivity contribution >= 4 is 15.9 Å². The normalized spacial score (nSPS) is 10.2. The van der Waals surface area contributed by atoms with E-state index in [9.17, 15) is 8.78 Å². The Kier molecular flexibility index (Phi) is 4.62. The second-order valence-electron chi connectivity index (χ2n) is 2.96. The van der Waals surface area contributed by atoms with Crippen LogP contribution in [0, 0.1) is 11.3 Å². The fourth-order valence-electron chi connectivity index (χ4n) is 1.33. The first-order chi connectivity index (χ1) is 7.63. The SMILES string of the molecule is COc1nc(CBr)cc(CC#N)c1C(F)F. The largest absolute Gasteiger partial charge is 0.481 e. The van der Waals surface area contributed by atoms with Crippen LogP contribution < -0.4 is 4.74 Å². The number of pyridine rings is 1. The Morgan fingerprint density at radius 1 is 1.62 bits per heavy atom. The van der Waals surface area contributed by atoms with Gasteiger partial charge in [0.25, 0.3) is 6.43 Å². The van der Waals surface area contributed by atoms with E-state index in [0.717, 1.165) is 0 Å². The van der Waals surface area contributed by atoms with Gasteiger partial charge >= 0.3 is 0 Å². The summed E-state index contributed by atoms with van der Waals surface area (Å²) in [6, 6.07) is 3.34. The number of alkyl halides is 3. The summed E-state index contributed by atoms with van der Waals surface area (Å²) in [5.74, 6) is -0.114. The molecule has 0 aliphatic carbocycles. The Balaban J connectivity index is 3.36. The van der Waals surface area contributed by atoms with Crippen molar-refractivity contribution in [3.8, 4) is 11.9 Å². The first-order valence-electron chi connectivity index (χ1n) is 4.41. The second kappa shape index (κ2) is 5.75. The first-order valence-corrected chi connectivity index (χ1v) is 5.54. The molecule has 6 heteroatoms. The van der Waals surface area contributed by atoms with E-state index in [1.807, 2.05) is 6.07 Å². The van der Waals surface area contributed by atoms with E-state index in [4.69, 9.17) is 10.00 Å². The molecule has 0 N–H and O–H groups in total. The molecule has 1 aromatic rings. The molecule has 0 atom stereocenters. The van der Waals surface area contributed by atoms with Gasteiger partial charge in [-0.25, -0.2) is 13.8 Å². The molecule has 0 unspecified atom stereocenters. The molecule has 0 aromatic carbocycles. The van der Waals surface area contributed by atoms with Gasteiger partial charge in [-0.2, -0.15) is 5.26 Å². The van der Waals surface area contributed by atoms with Gasteiger partial charge in [0.1, 0.15) is 0 Å². The number of hydrogen-bond acceptors (Lipinski definition) is 3. The zero-order valence-corrected chi connectivity index (χ0v) is 10.1. The molecule has 3 nitrogen and oxygen atoms in total. The van der Waals surface area contributed by atoms with E-state index in [2.05, 4.69) is 20.9 Å². The highest BCUT2D eigenvalue weighted by Crippen LogP contribution is 2.32. The van der Waals surface area contributed by atoms with Crippen LogP contribution in [-0.2, 0) is 11.8 Å². The molecular weight excluding hydrogens is 282 g/mol. The zero-order valence-electron chi connectivity index (χ0n) is 8.51. The quantitative estimate of drug-likeness (QED) is 0.801. The molecule has 0 saturated heterocycles. The van der Waals surface area contributed by atoms with Gasteiger partial charge in [-0.05, 0) is 11.6 Å². The maximum atomic E-state index is 12.8. The lowest BCUT2D eigenvalue weighted by molar-refractivity contribution is 0.145. The van der Waals surface area contributed by atoms with Crippen LogP contribution in [0.4, 0.5) is 8.78 Å². The van der Waals surface area contributed by atoms with Gasteiger partial charge in [-0.1, -0.05) is 15.9 Å². The van der Waals surface area contributed by atoms with Gasteiger partial charge in [0.15, 0.2) is 0 Å². The summed E-state index contributed by atoms with van der Waals surface area (Å²) in [6.45, 7) is 0. The van der Waals surface area contributed by atoms with Crippen LogP contribution in [0.5, 0.6) is 5.88 Å². The maximum Gasteiger partial charge on any atom is 0.269 e.